The van der Waals surface area contributed by atoms with Gasteiger partial charge in [0.1, 0.15) is 23.8 Å². The van der Waals surface area contributed by atoms with Crippen molar-refractivity contribution in [1.82, 2.24) is 9.97 Å². The maximum Gasteiger partial charge on any atom is 0.175 e. The monoisotopic (exact) mass is 439 g/mol. The standard InChI is InChI=1S/C23H19F2N3O2S/c1-31(29,30)19-8-9-21-20(13-19)23(27-14-26-21)28-22(16-5-3-7-18(25)12-16)11-15-4-2-6-17(24)10-15/h2-10,12-14,22H,11H2,1H3,(H,26,27,28). The van der Waals surface area contributed by atoms with Gasteiger partial charge in [0.05, 0.1) is 16.5 Å². The smallest absolute Gasteiger partial charge is 0.175 e. The summed E-state index contributed by atoms with van der Waals surface area (Å²) in [7, 11) is -3.43. The lowest BCUT2D eigenvalue weighted by atomic mass is 9.98. The molecule has 0 fully saturated rings. The van der Waals surface area contributed by atoms with Crippen molar-refractivity contribution in [2.24, 2.45) is 0 Å². The molecule has 1 aromatic heterocycles. The molecule has 1 unspecified atom stereocenters. The van der Waals surface area contributed by atoms with E-state index in [9.17, 15) is 17.2 Å². The highest BCUT2D eigenvalue weighted by molar-refractivity contribution is 7.90. The van der Waals surface area contributed by atoms with E-state index < -0.39 is 21.7 Å². The van der Waals surface area contributed by atoms with Crippen molar-refractivity contribution in [1.29, 1.82) is 0 Å². The van der Waals surface area contributed by atoms with Crippen LogP contribution in [0.3, 0.4) is 0 Å². The molecule has 1 atom stereocenters. The molecule has 0 bridgehead atoms. The summed E-state index contributed by atoms with van der Waals surface area (Å²) in [6, 6.07) is 16.5. The van der Waals surface area contributed by atoms with Gasteiger partial charge in [-0.05, 0) is 60.0 Å². The summed E-state index contributed by atoms with van der Waals surface area (Å²) in [6.45, 7) is 0. The van der Waals surface area contributed by atoms with Gasteiger partial charge in [0, 0.05) is 11.6 Å². The Morgan fingerprint density at radius 2 is 1.68 bits per heavy atom. The third-order valence-electron chi connectivity index (χ3n) is 4.93. The summed E-state index contributed by atoms with van der Waals surface area (Å²) in [5.74, 6) is -0.350. The van der Waals surface area contributed by atoms with Crippen LogP contribution in [0, 0.1) is 11.6 Å². The molecule has 31 heavy (non-hydrogen) atoms. The Hall–Kier alpha value is -3.39. The highest BCUT2D eigenvalue weighted by Gasteiger charge is 2.17. The predicted molar refractivity (Wildman–Crippen MR) is 116 cm³/mol. The Morgan fingerprint density at radius 3 is 2.39 bits per heavy atom. The van der Waals surface area contributed by atoms with E-state index in [4.69, 9.17) is 0 Å². The summed E-state index contributed by atoms with van der Waals surface area (Å²) < 4.78 is 51.7. The Bertz CT molecular complexity index is 1360. The second kappa shape index (κ2) is 8.39. The molecule has 0 saturated carbocycles. The van der Waals surface area contributed by atoms with E-state index in [0.717, 1.165) is 11.8 Å². The number of hydrogen-bond acceptors (Lipinski definition) is 5. The Morgan fingerprint density at radius 1 is 0.935 bits per heavy atom. The van der Waals surface area contributed by atoms with Crippen molar-refractivity contribution in [2.75, 3.05) is 11.6 Å². The third kappa shape index (κ3) is 4.86. The minimum absolute atomic E-state index is 0.144. The fourth-order valence-corrected chi connectivity index (χ4v) is 4.07. The first-order valence-electron chi connectivity index (χ1n) is 9.51. The first-order chi connectivity index (χ1) is 14.8. The van der Waals surface area contributed by atoms with Crippen molar-refractivity contribution in [3.05, 3.63) is 95.8 Å². The SMILES string of the molecule is CS(=O)(=O)c1ccc2ncnc(NC(Cc3cccc(F)c3)c3cccc(F)c3)c2c1. The lowest BCUT2D eigenvalue weighted by Gasteiger charge is -2.21. The molecule has 3 aromatic carbocycles. The quantitative estimate of drug-likeness (QED) is 0.471. The number of rotatable bonds is 6. The van der Waals surface area contributed by atoms with Crippen molar-refractivity contribution in [3.63, 3.8) is 0 Å². The number of aromatic nitrogens is 2. The highest BCUT2D eigenvalue weighted by atomic mass is 32.2. The van der Waals surface area contributed by atoms with E-state index in [-0.39, 0.29) is 10.7 Å². The maximum atomic E-state index is 13.9. The van der Waals surface area contributed by atoms with Crippen molar-refractivity contribution in [2.45, 2.75) is 17.4 Å². The van der Waals surface area contributed by atoms with Crippen LogP contribution >= 0.6 is 0 Å². The van der Waals surface area contributed by atoms with Gasteiger partial charge in [-0.3, -0.25) is 0 Å². The van der Waals surface area contributed by atoms with Crippen LogP contribution in [0.4, 0.5) is 14.6 Å². The molecule has 0 spiro atoms. The number of nitrogens with zero attached hydrogens (tertiary/aromatic N) is 2. The van der Waals surface area contributed by atoms with Gasteiger partial charge in [-0.25, -0.2) is 27.2 Å². The number of sulfone groups is 1. The van der Waals surface area contributed by atoms with Crippen LogP contribution in [0.2, 0.25) is 0 Å². The van der Waals surface area contributed by atoms with Gasteiger partial charge in [0.25, 0.3) is 0 Å². The molecule has 158 valence electrons. The van der Waals surface area contributed by atoms with E-state index in [0.29, 0.717) is 28.7 Å². The molecule has 4 rings (SSSR count). The Labute approximate surface area is 178 Å². The molecule has 0 saturated heterocycles. The highest BCUT2D eigenvalue weighted by Crippen LogP contribution is 2.29. The van der Waals surface area contributed by atoms with E-state index >= 15 is 0 Å². The molecular weight excluding hydrogens is 420 g/mol. The fraction of sp³-hybridized carbons (Fsp3) is 0.130. The molecular formula is C23H19F2N3O2S. The molecule has 0 aliphatic heterocycles. The Balaban J connectivity index is 1.78. The first-order valence-corrected chi connectivity index (χ1v) is 11.4. The van der Waals surface area contributed by atoms with Crippen LogP contribution in [-0.2, 0) is 16.3 Å². The molecule has 1 heterocycles. The average Bonchev–Trinajstić information content (AvgIpc) is 2.72. The zero-order valence-electron chi connectivity index (χ0n) is 16.6. The fourth-order valence-electron chi connectivity index (χ4n) is 3.42. The second-order valence-electron chi connectivity index (χ2n) is 7.26. The first kappa shape index (κ1) is 20.9. The minimum atomic E-state index is -3.43. The Kier molecular flexibility index (Phi) is 5.65. The van der Waals surface area contributed by atoms with Crippen LogP contribution < -0.4 is 5.32 Å². The van der Waals surface area contributed by atoms with E-state index in [1.165, 1.54) is 42.7 Å². The number of nitrogens with one attached hydrogen (secondary N) is 1. The second-order valence-corrected chi connectivity index (χ2v) is 9.28. The van der Waals surface area contributed by atoms with Gasteiger partial charge in [-0.15, -0.1) is 0 Å². The van der Waals surface area contributed by atoms with Crippen LogP contribution in [0.15, 0.2) is 78.0 Å². The molecule has 8 heteroatoms. The van der Waals surface area contributed by atoms with Crippen LogP contribution in [-0.4, -0.2) is 24.6 Å². The van der Waals surface area contributed by atoms with Gasteiger partial charge in [0.15, 0.2) is 9.84 Å². The van der Waals surface area contributed by atoms with Crippen LogP contribution in [0.5, 0.6) is 0 Å². The van der Waals surface area contributed by atoms with Gasteiger partial charge >= 0.3 is 0 Å². The number of anilines is 1. The lowest BCUT2D eigenvalue weighted by molar-refractivity contribution is 0.602. The molecule has 0 aliphatic carbocycles. The summed E-state index contributed by atoms with van der Waals surface area (Å²) in [5.41, 5.74) is 1.93. The normalized spacial score (nSPS) is 12.6. The molecule has 0 amide bonds. The zero-order valence-corrected chi connectivity index (χ0v) is 17.4. The molecule has 0 aliphatic rings. The number of halogens is 2. The third-order valence-corrected chi connectivity index (χ3v) is 6.04. The molecule has 1 N–H and O–H groups in total. The van der Waals surface area contributed by atoms with Crippen LogP contribution in [0.25, 0.3) is 10.9 Å². The molecule has 5 nitrogen and oxygen atoms in total. The number of benzene rings is 3. The van der Waals surface area contributed by atoms with Gasteiger partial charge < -0.3 is 5.32 Å². The number of hydrogen-bond donors (Lipinski definition) is 1. The van der Waals surface area contributed by atoms with E-state index in [1.807, 2.05) is 0 Å². The van der Waals surface area contributed by atoms with Gasteiger partial charge in [-0.1, -0.05) is 24.3 Å². The lowest BCUT2D eigenvalue weighted by Crippen LogP contribution is -2.15. The van der Waals surface area contributed by atoms with Crippen molar-refractivity contribution >= 4 is 26.6 Å². The van der Waals surface area contributed by atoms with Gasteiger partial charge in [-0.2, -0.15) is 0 Å². The summed E-state index contributed by atoms with van der Waals surface area (Å²) in [4.78, 5) is 8.64. The zero-order chi connectivity index (χ0) is 22.0. The average molecular weight is 439 g/mol. The molecule has 4 aromatic rings. The summed E-state index contributed by atoms with van der Waals surface area (Å²) in [5, 5.41) is 3.80. The largest absolute Gasteiger partial charge is 0.362 e. The topological polar surface area (TPSA) is 72.0 Å². The predicted octanol–water partition coefficient (Wildman–Crippen LogP) is 4.71. The van der Waals surface area contributed by atoms with Crippen molar-refractivity contribution in [3.8, 4) is 0 Å². The molecule has 0 radical (unpaired) electrons. The van der Waals surface area contributed by atoms with Gasteiger partial charge in [0.2, 0.25) is 0 Å². The summed E-state index contributed by atoms with van der Waals surface area (Å²) >= 11 is 0. The van der Waals surface area contributed by atoms with E-state index in [2.05, 4.69) is 15.3 Å². The number of fused-ring (bicyclic) bond motifs is 1. The minimum Gasteiger partial charge on any atom is -0.362 e. The van der Waals surface area contributed by atoms with Crippen LogP contribution in [0.1, 0.15) is 17.2 Å². The van der Waals surface area contributed by atoms with Crippen molar-refractivity contribution < 1.29 is 17.2 Å². The maximum absolute atomic E-state index is 13.9. The van der Waals surface area contributed by atoms with E-state index in [1.54, 1.807) is 30.3 Å². The summed E-state index contributed by atoms with van der Waals surface area (Å²) in [6.07, 6.45) is 2.86.